The fourth-order valence-electron chi connectivity index (χ4n) is 7.55. The number of aromatic nitrogens is 2. The second kappa shape index (κ2) is 11.9. The van der Waals surface area contributed by atoms with E-state index in [0.29, 0.717) is 11.4 Å². The molecule has 10 aromatic rings. The molecule has 0 saturated carbocycles. The van der Waals surface area contributed by atoms with Gasteiger partial charge in [-0.15, -0.1) is 0 Å². The maximum absolute atomic E-state index is 6.56. The predicted molar refractivity (Wildman–Crippen MR) is 213 cm³/mol. The van der Waals surface area contributed by atoms with Gasteiger partial charge in [-0.25, -0.2) is 9.97 Å². The number of hydrogen-bond acceptors (Lipinski definition) is 4. The third-order valence-electron chi connectivity index (χ3n) is 10.2. The van der Waals surface area contributed by atoms with Gasteiger partial charge in [0, 0.05) is 27.3 Å². The van der Waals surface area contributed by atoms with Gasteiger partial charge in [-0.1, -0.05) is 121 Å². The summed E-state index contributed by atoms with van der Waals surface area (Å²) in [5.74, 6) is 0.661. The molecule has 0 unspecified atom stereocenters. The SMILES string of the molecule is Cc1ccc(-c2ccc3oc4ccccc4c3c2)cc1-c1c(C)cccc1-c1nc(-c2ccccc2)c2oc3ccc(-c4ccccc4)cc3c2n1. The number of aryl methyl sites for hydroxylation is 2. The molecule has 0 N–H and O–H groups in total. The highest BCUT2D eigenvalue weighted by molar-refractivity contribution is 6.09. The van der Waals surface area contributed by atoms with Crippen molar-refractivity contribution in [3.05, 3.63) is 169 Å². The van der Waals surface area contributed by atoms with Gasteiger partial charge >= 0.3 is 0 Å². The average molecular weight is 669 g/mol. The molecule has 7 aromatic carbocycles. The third kappa shape index (κ3) is 4.91. The van der Waals surface area contributed by atoms with Crippen molar-refractivity contribution in [2.75, 3.05) is 0 Å². The van der Waals surface area contributed by atoms with Crippen LogP contribution in [0.25, 0.3) is 100 Å². The van der Waals surface area contributed by atoms with E-state index < -0.39 is 0 Å². The number of benzene rings is 7. The molecular weight excluding hydrogens is 637 g/mol. The molecule has 0 radical (unpaired) electrons. The summed E-state index contributed by atoms with van der Waals surface area (Å²) in [6.07, 6.45) is 0. The fourth-order valence-corrected chi connectivity index (χ4v) is 7.55. The van der Waals surface area contributed by atoms with Crippen molar-refractivity contribution in [3.8, 4) is 56.0 Å². The summed E-state index contributed by atoms with van der Waals surface area (Å²) in [6.45, 7) is 4.35. The molecule has 4 heteroatoms. The molecule has 0 fully saturated rings. The lowest BCUT2D eigenvalue weighted by Crippen LogP contribution is -1.98. The summed E-state index contributed by atoms with van der Waals surface area (Å²) in [6, 6.07) is 54.9. The molecule has 10 rings (SSSR count). The number of para-hydroxylation sites is 1. The van der Waals surface area contributed by atoms with E-state index in [1.54, 1.807) is 0 Å². The van der Waals surface area contributed by atoms with Crippen LogP contribution in [0.15, 0.2) is 167 Å². The molecule has 0 saturated heterocycles. The second-order valence-corrected chi connectivity index (χ2v) is 13.5. The monoisotopic (exact) mass is 668 g/mol. The first-order chi connectivity index (χ1) is 25.6. The van der Waals surface area contributed by atoms with Crippen molar-refractivity contribution in [2.24, 2.45) is 0 Å². The van der Waals surface area contributed by atoms with Crippen LogP contribution in [0, 0.1) is 13.8 Å². The summed E-state index contributed by atoms with van der Waals surface area (Å²) < 4.78 is 12.7. The summed E-state index contributed by atoms with van der Waals surface area (Å²) >= 11 is 0. The van der Waals surface area contributed by atoms with Crippen LogP contribution in [-0.4, -0.2) is 9.97 Å². The Morgan fingerprint density at radius 1 is 0.404 bits per heavy atom. The van der Waals surface area contributed by atoms with Gasteiger partial charge in [0.25, 0.3) is 0 Å². The number of fused-ring (bicyclic) bond motifs is 6. The molecule has 0 amide bonds. The molecule has 0 aliphatic heterocycles. The van der Waals surface area contributed by atoms with E-state index in [2.05, 4.69) is 129 Å². The lowest BCUT2D eigenvalue weighted by Gasteiger charge is -2.17. The zero-order valence-electron chi connectivity index (χ0n) is 28.7. The highest BCUT2D eigenvalue weighted by Crippen LogP contribution is 2.42. The number of hydrogen-bond donors (Lipinski definition) is 0. The Hall–Kier alpha value is -6.78. The van der Waals surface area contributed by atoms with Crippen molar-refractivity contribution in [3.63, 3.8) is 0 Å². The van der Waals surface area contributed by atoms with E-state index in [-0.39, 0.29) is 0 Å². The quantitative estimate of drug-likeness (QED) is 0.183. The van der Waals surface area contributed by atoms with E-state index in [0.717, 1.165) is 94.2 Å². The van der Waals surface area contributed by atoms with E-state index in [1.807, 2.05) is 42.5 Å². The highest BCUT2D eigenvalue weighted by atomic mass is 16.3. The van der Waals surface area contributed by atoms with Crippen molar-refractivity contribution in [2.45, 2.75) is 13.8 Å². The highest BCUT2D eigenvalue weighted by Gasteiger charge is 2.22. The lowest BCUT2D eigenvalue weighted by molar-refractivity contribution is 0.667. The van der Waals surface area contributed by atoms with Crippen molar-refractivity contribution in [1.29, 1.82) is 0 Å². The van der Waals surface area contributed by atoms with E-state index in [9.17, 15) is 0 Å². The van der Waals surface area contributed by atoms with Gasteiger partial charge in [0.2, 0.25) is 0 Å². The Kier molecular flexibility index (Phi) is 6.90. The average Bonchev–Trinajstić information content (AvgIpc) is 3.76. The Morgan fingerprint density at radius 3 is 1.85 bits per heavy atom. The standard InChI is InChI=1S/C48H32N2O2/c1-29-20-21-34(35-23-24-42-39(27-35)36-17-9-10-19-41(36)51-42)26-38(29)44-30(2)12-11-18-37(44)48-49-45(32-15-7-4-8-16-32)47-46(50-48)40-28-33(22-25-43(40)52-47)31-13-5-3-6-14-31/h3-28H,1-2H3. The molecule has 3 heterocycles. The van der Waals surface area contributed by atoms with Gasteiger partial charge in [-0.05, 0) is 94.8 Å². The van der Waals surface area contributed by atoms with Crippen LogP contribution in [-0.2, 0) is 0 Å². The molecule has 0 spiro atoms. The zero-order chi connectivity index (χ0) is 34.8. The first-order valence-corrected chi connectivity index (χ1v) is 17.6. The van der Waals surface area contributed by atoms with Gasteiger partial charge in [0.05, 0.1) is 0 Å². The van der Waals surface area contributed by atoms with E-state index in [4.69, 9.17) is 18.8 Å². The van der Waals surface area contributed by atoms with Gasteiger partial charge < -0.3 is 8.83 Å². The molecule has 0 atom stereocenters. The zero-order valence-corrected chi connectivity index (χ0v) is 28.7. The molecule has 246 valence electrons. The van der Waals surface area contributed by atoms with Crippen LogP contribution in [0.4, 0.5) is 0 Å². The van der Waals surface area contributed by atoms with Crippen LogP contribution in [0.2, 0.25) is 0 Å². The van der Waals surface area contributed by atoms with Crippen LogP contribution in [0.5, 0.6) is 0 Å². The Bertz CT molecular complexity index is 2970. The first-order valence-electron chi connectivity index (χ1n) is 17.6. The summed E-state index contributed by atoms with van der Waals surface area (Å²) in [7, 11) is 0. The number of furan rings is 2. The molecule has 4 nitrogen and oxygen atoms in total. The van der Waals surface area contributed by atoms with Crippen molar-refractivity contribution < 1.29 is 8.83 Å². The van der Waals surface area contributed by atoms with Crippen LogP contribution < -0.4 is 0 Å². The van der Waals surface area contributed by atoms with Crippen LogP contribution >= 0.6 is 0 Å². The van der Waals surface area contributed by atoms with Gasteiger partial charge in [0.15, 0.2) is 11.4 Å². The molecule has 52 heavy (non-hydrogen) atoms. The minimum Gasteiger partial charge on any atom is -0.456 e. The molecule has 3 aromatic heterocycles. The summed E-state index contributed by atoms with van der Waals surface area (Å²) in [5, 5.41) is 3.20. The fraction of sp³-hybridized carbons (Fsp3) is 0.0417. The molecule has 0 aliphatic rings. The topological polar surface area (TPSA) is 52.1 Å². The maximum atomic E-state index is 6.56. The van der Waals surface area contributed by atoms with Gasteiger partial charge in [-0.2, -0.15) is 0 Å². The lowest BCUT2D eigenvalue weighted by atomic mass is 9.89. The van der Waals surface area contributed by atoms with Crippen LogP contribution in [0.3, 0.4) is 0 Å². The number of rotatable bonds is 5. The normalized spacial score (nSPS) is 11.7. The molecular formula is C48H32N2O2. The Balaban J connectivity index is 1.18. The Morgan fingerprint density at radius 2 is 1.04 bits per heavy atom. The largest absolute Gasteiger partial charge is 0.456 e. The van der Waals surface area contributed by atoms with E-state index in [1.165, 1.54) is 5.56 Å². The third-order valence-corrected chi connectivity index (χ3v) is 10.2. The molecule has 0 bridgehead atoms. The summed E-state index contributed by atoms with van der Waals surface area (Å²) in [5.41, 5.74) is 15.9. The second-order valence-electron chi connectivity index (χ2n) is 13.5. The number of nitrogens with zero attached hydrogens (tertiary/aromatic N) is 2. The van der Waals surface area contributed by atoms with Gasteiger partial charge in [-0.3, -0.25) is 0 Å². The minimum atomic E-state index is 0.661. The van der Waals surface area contributed by atoms with Crippen molar-refractivity contribution >= 4 is 44.0 Å². The van der Waals surface area contributed by atoms with Crippen molar-refractivity contribution in [1.82, 2.24) is 9.97 Å². The molecule has 0 aliphatic carbocycles. The van der Waals surface area contributed by atoms with Gasteiger partial charge in [0.1, 0.15) is 28.0 Å². The predicted octanol–water partition coefficient (Wildman–Crippen LogP) is 13.2. The van der Waals surface area contributed by atoms with Crippen LogP contribution in [0.1, 0.15) is 11.1 Å². The smallest absolute Gasteiger partial charge is 0.180 e. The maximum Gasteiger partial charge on any atom is 0.180 e. The van der Waals surface area contributed by atoms with E-state index >= 15 is 0 Å². The first kappa shape index (κ1) is 30.1. The Labute approximate surface area is 300 Å². The minimum absolute atomic E-state index is 0.661. The summed E-state index contributed by atoms with van der Waals surface area (Å²) in [4.78, 5) is 10.6.